The monoisotopic (exact) mass is 397 g/mol. The highest BCUT2D eigenvalue weighted by molar-refractivity contribution is 7.07. The molecule has 8 heteroatoms. The van der Waals surface area contributed by atoms with Crippen molar-refractivity contribution in [2.75, 3.05) is 28.1 Å². The number of nitrogens with zero attached hydrogens (tertiary/aromatic N) is 3. The van der Waals surface area contributed by atoms with Crippen LogP contribution in [0.25, 0.3) is 11.3 Å². The molecule has 0 saturated carbocycles. The summed E-state index contributed by atoms with van der Waals surface area (Å²) >= 11 is 1.50. The van der Waals surface area contributed by atoms with Crippen LogP contribution in [-0.4, -0.2) is 39.0 Å². The molecule has 0 amide bonds. The van der Waals surface area contributed by atoms with Crippen molar-refractivity contribution < 1.29 is 18.9 Å². The van der Waals surface area contributed by atoms with Gasteiger partial charge in [-0.05, 0) is 42.0 Å². The van der Waals surface area contributed by atoms with E-state index in [4.69, 9.17) is 18.9 Å². The predicted molar refractivity (Wildman–Crippen MR) is 108 cm³/mol. The highest BCUT2D eigenvalue weighted by Crippen LogP contribution is 2.34. The van der Waals surface area contributed by atoms with E-state index in [-0.39, 0.29) is 6.79 Å². The molecular weight excluding hydrogens is 378 g/mol. The second-order valence-corrected chi connectivity index (χ2v) is 6.70. The lowest BCUT2D eigenvalue weighted by molar-refractivity contribution is 0.174. The van der Waals surface area contributed by atoms with Crippen LogP contribution in [0, 0.1) is 0 Å². The van der Waals surface area contributed by atoms with Crippen LogP contribution in [0.15, 0.2) is 51.9 Å². The Balaban J connectivity index is 1.78. The minimum atomic E-state index is 0.244. The first-order chi connectivity index (χ1) is 13.7. The molecular formula is C20H19N3O4S. The SMILES string of the molecule is CN=c1scc(-c2cc(OC)ccc2OC)n1N=Cc1ccc2c(c1)OCO2. The first-order valence-electron chi connectivity index (χ1n) is 8.53. The summed E-state index contributed by atoms with van der Waals surface area (Å²) < 4.78 is 23.5. The highest BCUT2D eigenvalue weighted by atomic mass is 32.1. The summed E-state index contributed by atoms with van der Waals surface area (Å²) in [7, 11) is 5.02. The Labute approximate surface area is 166 Å². The van der Waals surface area contributed by atoms with Gasteiger partial charge in [-0.15, -0.1) is 11.3 Å². The van der Waals surface area contributed by atoms with Gasteiger partial charge in [0.1, 0.15) is 11.5 Å². The molecule has 144 valence electrons. The quantitative estimate of drug-likeness (QED) is 0.619. The van der Waals surface area contributed by atoms with E-state index < -0.39 is 0 Å². The lowest BCUT2D eigenvalue weighted by Gasteiger charge is -2.11. The minimum absolute atomic E-state index is 0.244. The van der Waals surface area contributed by atoms with Crippen LogP contribution >= 0.6 is 11.3 Å². The Bertz CT molecular complexity index is 1100. The van der Waals surface area contributed by atoms with Crippen molar-refractivity contribution >= 4 is 17.6 Å². The van der Waals surface area contributed by atoms with Crippen LogP contribution in [0.4, 0.5) is 0 Å². The maximum absolute atomic E-state index is 5.53. The maximum Gasteiger partial charge on any atom is 0.231 e. The molecule has 28 heavy (non-hydrogen) atoms. The lowest BCUT2D eigenvalue weighted by atomic mass is 10.1. The molecule has 1 aliphatic rings. The molecule has 3 aromatic rings. The lowest BCUT2D eigenvalue weighted by Crippen LogP contribution is -2.11. The fraction of sp³-hybridized carbons (Fsp3) is 0.200. The van der Waals surface area contributed by atoms with Crippen LogP contribution < -0.4 is 23.7 Å². The van der Waals surface area contributed by atoms with Crippen molar-refractivity contribution in [1.82, 2.24) is 4.68 Å². The molecule has 4 rings (SSSR count). The molecule has 0 unspecified atom stereocenters. The molecule has 0 radical (unpaired) electrons. The smallest absolute Gasteiger partial charge is 0.231 e. The summed E-state index contributed by atoms with van der Waals surface area (Å²) in [5.74, 6) is 2.93. The zero-order chi connectivity index (χ0) is 19.5. The first-order valence-corrected chi connectivity index (χ1v) is 9.41. The largest absolute Gasteiger partial charge is 0.497 e. The average molecular weight is 397 g/mol. The summed E-state index contributed by atoms with van der Waals surface area (Å²) in [5, 5.41) is 6.65. The maximum atomic E-state index is 5.53. The number of hydrogen-bond acceptors (Lipinski definition) is 7. The van der Waals surface area contributed by atoms with Crippen LogP contribution in [0.5, 0.6) is 23.0 Å². The molecule has 2 aromatic carbocycles. The fourth-order valence-electron chi connectivity index (χ4n) is 2.88. The van der Waals surface area contributed by atoms with Gasteiger partial charge in [-0.2, -0.15) is 5.10 Å². The molecule has 1 aliphatic heterocycles. The summed E-state index contributed by atoms with van der Waals surface area (Å²) in [5.41, 5.74) is 2.63. The number of rotatable bonds is 5. The Morgan fingerprint density at radius 1 is 1.07 bits per heavy atom. The van der Waals surface area contributed by atoms with Gasteiger partial charge in [-0.3, -0.25) is 4.99 Å². The molecule has 1 aromatic heterocycles. The third-order valence-electron chi connectivity index (χ3n) is 4.28. The van der Waals surface area contributed by atoms with Crippen molar-refractivity contribution in [3.05, 3.63) is 52.1 Å². The van der Waals surface area contributed by atoms with E-state index in [1.54, 1.807) is 32.2 Å². The van der Waals surface area contributed by atoms with Gasteiger partial charge in [0.15, 0.2) is 11.5 Å². The summed E-state index contributed by atoms with van der Waals surface area (Å²) in [6.45, 7) is 0.244. The van der Waals surface area contributed by atoms with E-state index in [2.05, 4.69) is 10.1 Å². The third-order valence-corrected chi connectivity index (χ3v) is 5.19. The van der Waals surface area contributed by atoms with Crippen molar-refractivity contribution in [3.63, 3.8) is 0 Å². The molecule has 0 N–H and O–H groups in total. The Hall–Kier alpha value is -3.26. The average Bonchev–Trinajstić information content (AvgIpc) is 3.37. The number of benzene rings is 2. The number of methoxy groups -OCH3 is 2. The molecule has 2 heterocycles. The van der Waals surface area contributed by atoms with Gasteiger partial charge in [-0.1, -0.05) is 0 Å². The summed E-state index contributed by atoms with van der Waals surface area (Å²) in [6.07, 6.45) is 1.76. The first kappa shape index (κ1) is 18.1. The van der Waals surface area contributed by atoms with Gasteiger partial charge in [0.2, 0.25) is 11.6 Å². The number of thiazole rings is 1. The highest BCUT2D eigenvalue weighted by Gasteiger charge is 2.15. The van der Waals surface area contributed by atoms with Gasteiger partial charge < -0.3 is 18.9 Å². The third kappa shape index (κ3) is 3.34. The predicted octanol–water partition coefficient (Wildman–Crippen LogP) is 3.38. The molecule has 0 aliphatic carbocycles. The second kappa shape index (κ2) is 7.77. The standard InChI is InChI=1S/C20H19N3O4S/c1-21-20-23(22-10-13-4-6-18-19(8-13)27-12-26-18)16(11-28-20)15-9-14(24-2)5-7-17(15)25-3/h4-11H,12H2,1-3H3. The zero-order valence-electron chi connectivity index (χ0n) is 15.7. The summed E-state index contributed by atoms with van der Waals surface area (Å²) in [6, 6.07) is 11.4. The van der Waals surface area contributed by atoms with E-state index >= 15 is 0 Å². The van der Waals surface area contributed by atoms with Crippen molar-refractivity contribution in [2.45, 2.75) is 0 Å². The van der Waals surface area contributed by atoms with E-state index in [0.717, 1.165) is 38.9 Å². The van der Waals surface area contributed by atoms with Crippen LogP contribution in [0.3, 0.4) is 0 Å². The van der Waals surface area contributed by atoms with E-state index in [9.17, 15) is 0 Å². The molecule has 0 fully saturated rings. The van der Waals surface area contributed by atoms with Gasteiger partial charge in [-0.25, -0.2) is 4.68 Å². The number of aromatic nitrogens is 1. The number of fused-ring (bicyclic) bond motifs is 1. The van der Waals surface area contributed by atoms with Crippen LogP contribution in [0.1, 0.15) is 5.56 Å². The second-order valence-electron chi connectivity index (χ2n) is 5.86. The normalized spacial score (nSPS) is 13.3. The zero-order valence-corrected chi connectivity index (χ0v) is 16.5. The van der Waals surface area contributed by atoms with Gasteiger partial charge in [0, 0.05) is 18.0 Å². The molecule has 0 bridgehead atoms. The van der Waals surface area contributed by atoms with Gasteiger partial charge >= 0.3 is 0 Å². The molecule has 0 atom stereocenters. The Kier molecular flexibility index (Phi) is 5.03. The molecule has 0 saturated heterocycles. The Morgan fingerprint density at radius 2 is 1.93 bits per heavy atom. The van der Waals surface area contributed by atoms with E-state index in [0.29, 0.717) is 5.75 Å². The minimum Gasteiger partial charge on any atom is -0.497 e. The van der Waals surface area contributed by atoms with Crippen molar-refractivity contribution in [3.8, 4) is 34.3 Å². The number of ether oxygens (including phenoxy) is 4. The van der Waals surface area contributed by atoms with Gasteiger partial charge in [0.05, 0.1) is 26.1 Å². The fourth-order valence-corrected chi connectivity index (χ4v) is 3.67. The topological polar surface area (TPSA) is 66.6 Å². The van der Waals surface area contributed by atoms with Crippen molar-refractivity contribution in [1.29, 1.82) is 0 Å². The number of hydrogen-bond donors (Lipinski definition) is 0. The van der Waals surface area contributed by atoms with Crippen LogP contribution in [0.2, 0.25) is 0 Å². The van der Waals surface area contributed by atoms with E-state index in [1.807, 2.05) is 41.8 Å². The summed E-state index contributed by atoms with van der Waals surface area (Å²) in [4.78, 5) is 5.10. The molecule has 0 spiro atoms. The van der Waals surface area contributed by atoms with Crippen molar-refractivity contribution in [2.24, 2.45) is 10.1 Å². The van der Waals surface area contributed by atoms with Crippen LogP contribution in [-0.2, 0) is 0 Å². The van der Waals surface area contributed by atoms with E-state index in [1.165, 1.54) is 11.3 Å². The van der Waals surface area contributed by atoms with Gasteiger partial charge in [0.25, 0.3) is 0 Å². The molecule has 7 nitrogen and oxygen atoms in total. The Morgan fingerprint density at radius 3 is 2.71 bits per heavy atom.